The van der Waals surface area contributed by atoms with Gasteiger partial charge in [-0.15, -0.1) is 0 Å². The molecule has 1 N–H and O–H groups in total. The molecule has 1 fully saturated rings. The Balaban J connectivity index is 1.81. The molecule has 0 saturated carbocycles. The molecule has 1 saturated heterocycles. The van der Waals surface area contributed by atoms with Crippen molar-refractivity contribution >= 4 is 0 Å². The third-order valence-corrected chi connectivity index (χ3v) is 3.76. The van der Waals surface area contributed by atoms with Crippen LogP contribution in [0.5, 0.6) is 0 Å². The minimum absolute atomic E-state index is 0.380. The maximum Gasteiger partial charge on any atom is 0.0776 e. The molecule has 16 heavy (non-hydrogen) atoms. The maximum atomic E-state index is 5.90. The van der Waals surface area contributed by atoms with Crippen molar-refractivity contribution in [1.29, 1.82) is 0 Å². The standard InChI is InChI=1S/C12H19N3O/c1-2-3-15-4-5-16-12-6-9-8-13-14-10(9)7-11(12)15/h8,11-12H,2-7H2,1H3,(H,13,14)/t11-,12-/m0/s1. The van der Waals surface area contributed by atoms with E-state index in [1.807, 2.05) is 6.20 Å². The molecular formula is C12H19N3O. The molecular weight excluding hydrogens is 202 g/mol. The summed E-state index contributed by atoms with van der Waals surface area (Å²) in [7, 11) is 0. The van der Waals surface area contributed by atoms with Gasteiger partial charge in [-0.2, -0.15) is 5.10 Å². The molecule has 0 radical (unpaired) electrons. The number of morpholine rings is 1. The number of nitrogens with zero attached hydrogens (tertiary/aromatic N) is 2. The molecule has 3 rings (SSSR count). The number of H-pyrrole nitrogens is 1. The molecule has 1 aromatic rings. The van der Waals surface area contributed by atoms with Crippen LogP contribution < -0.4 is 0 Å². The summed E-state index contributed by atoms with van der Waals surface area (Å²) < 4.78 is 5.90. The van der Waals surface area contributed by atoms with Gasteiger partial charge in [-0.05, 0) is 18.5 Å². The van der Waals surface area contributed by atoms with Crippen molar-refractivity contribution in [3.8, 4) is 0 Å². The number of fused-ring (bicyclic) bond motifs is 2. The van der Waals surface area contributed by atoms with E-state index in [4.69, 9.17) is 4.74 Å². The fraction of sp³-hybridized carbons (Fsp3) is 0.750. The third kappa shape index (κ3) is 1.66. The average molecular weight is 221 g/mol. The molecule has 4 heteroatoms. The molecule has 4 nitrogen and oxygen atoms in total. The lowest BCUT2D eigenvalue weighted by Gasteiger charge is -2.43. The van der Waals surface area contributed by atoms with Crippen LogP contribution in [-0.2, 0) is 17.6 Å². The molecule has 0 spiro atoms. The minimum atomic E-state index is 0.380. The van der Waals surface area contributed by atoms with Gasteiger partial charge < -0.3 is 4.74 Å². The van der Waals surface area contributed by atoms with Crippen molar-refractivity contribution < 1.29 is 4.74 Å². The number of nitrogens with one attached hydrogen (secondary N) is 1. The summed E-state index contributed by atoms with van der Waals surface area (Å²) in [6.07, 6.45) is 5.65. The van der Waals surface area contributed by atoms with Crippen LogP contribution in [-0.4, -0.2) is 46.9 Å². The van der Waals surface area contributed by atoms with Crippen molar-refractivity contribution in [2.75, 3.05) is 19.7 Å². The Hall–Kier alpha value is -0.870. The lowest BCUT2D eigenvalue weighted by atomic mass is 9.89. The molecule has 0 aromatic carbocycles. The monoisotopic (exact) mass is 221 g/mol. The molecule has 0 amide bonds. The van der Waals surface area contributed by atoms with Crippen LogP contribution in [0, 0.1) is 0 Å². The van der Waals surface area contributed by atoms with E-state index in [1.54, 1.807) is 0 Å². The Morgan fingerprint density at radius 2 is 2.50 bits per heavy atom. The van der Waals surface area contributed by atoms with E-state index in [1.165, 1.54) is 24.2 Å². The van der Waals surface area contributed by atoms with Crippen molar-refractivity contribution in [2.45, 2.75) is 38.3 Å². The van der Waals surface area contributed by atoms with Crippen LogP contribution in [0.25, 0.3) is 0 Å². The predicted molar refractivity (Wildman–Crippen MR) is 61.4 cm³/mol. The lowest BCUT2D eigenvalue weighted by Crippen LogP contribution is -2.54. The topological polar surface area (TPSA) is 41.1 Å². The van der Waals surface area contributed by atoms with Crippen LogP contribution >= 0.6 is 0 Å². The molecule has 2 heterocycles. The highest BCUT2D eigenvalue weighted by Gasteiger charge is 2.36. The summed E-state index contributed by atoms with van der Waals surface area (Å²) in [6, 6.07) is 0.557. The second kappa shape index (κ2) is 4.18. The molecule has 0 bridgehead atoms. The molecule has 2 aliphatic rings. The molecule has 1 aliphatic carbocycles. The molecule has 0 unspecified atom stereocenters. The SMILES string of the molecule is CCCN1CCO[C@H]2Cc3cn[nH]c3C[C@@H]21. The first-order chi connectivity index (χ1) is 7.88. The fourth-order valence-corrected chi connectivity index (χ4v) is 2.97. The highest BCUT2D eigenvalue weighted by Crippen LogP contribution is 2.27. The first kappa shape index (κ1) is 10.3. The van der Waals surface area contributed by atoms with Crippen molar-refractivity contribution in [3.05, 3.63) is 17.5 Å². The summed E-state index contributed by atoms with van der Waals surface area (Å²) in [5, 5.41) is 7.25. The van der Waals surface area contributed by atoms with Gasteiger partial charge in [-0.1, -0.05) is 6.92 Å². The summed E-state index contributed by atoms with van der Waals surface area (Å²) >= 11 is 0. The summed E-state index contributed by atoms with van der Waals surface area (Å²) in [5.41, 5.74) is 2.66. The van der Waals surface area contributed by atoms with Gasteiger partial charge >= 0.3 is 0 Å². The number of hydrogen-bond donors (Lipinski definition) is 1. The molecule has 88 valence electrons. The van der Waals surface area contributed by atoms with E-state index in [2.05, 4.69) is 22.0 Å². The van der Waals surface area contributed by atoms with Gasteiger partial charge in [0, 0.05) is 31.1 Å². The number of aromatic nitrogens is 2. The van der Waals surface area contributed by atoms with E-state index >= 15 is 0 Å². The molecule has 2 atom stereocenters. The van der Waals surface area contributed by atoms with Gasteiger partial charge in [0.15, 0.2) is 0 Å². The van der Waals surface area contributed by atoms with Gasteiger partial charge in [-0.3, -0.25) is 10.00 Å². The van der Waals surface area contributed by atoms with Crippen molar-refractivity contribution in [1.82, 2.24) is 15.1 Å². The Labute approximate surface area is 96.0 Å². The number of ether oxygens (including phenoxy) is 1. The Kier molecular flexibility index (Phi) is 2.69. The van der Waals surface area contributed by atoms with Crippen LogP contribution in [0.15, 0.2) is 6.20 Å². The van der Waals surface area contributed by atoms with Crippen LogP contribution in [0.4, 0.5) is 0 Å². The molecule has 1 aliphatic heterocycles. The smallest absolute Gasteiger partial charge is 0.0776 e. The van der Waals surface area contributed by atoms with Gasteiger partial charge in [-0.25, -0.2) is 0 Å². The van der Waals surface area contributed by atoms with E-state index in [-0.39, 0.29) is 0 Å². The van der Waals surface area contributed by atoms with Crippen molar-refractivity contribution in [3.63, 3.8) is 0 Å². The normalized spacial score (nSPS) is 29.8. The zero-order valence-corrected chi connectivity index (χ0v) is 9.78. The summed E-state index contributed by atoms with van der Waals surface area (Å²) in [4.78, 5) is 2.58. The first-order valence-corrected chi connectivity index (χ1v) is 6.25. The average Bonchev–Trinajstić information content (AvgIpc) is 2.74. The van der Waals surface area contributed by atoms with Crippen molar-refractivity contribution in [2.24, 2.45) is 0 Å². The lowest BCUT2D eigenvalue weighted by molar-refractivity contribution is -0.0741. The first-order valence-electron chi connectivity index (χ1n) is 6.25. The summed E-state index contributed by atoms with van der Waals surface area (Å²) in [6.45, 7) is 5.40. The minimum Gasteiger partial charge on any atom is -0.375 e. The van der Waals surface area contributed by atoms with Gasteiger partial charge in [0.05, 0.1) is 18.9 Å². The Morgan fingerprint density at radius 3 is 3.38 bits per heavy atom. The van der Waals surface area contributed by atoms with E-state index in [0.717, 1.165) is 26.0 Å². The zero-order valence-electron chi connectivity index (χ0n) is 9.78. The zero-order chi connectivity index (χ0) is 11.0. The number of aromatic amines is 1. The Morgan fingerprint density at radius 1 is 1.56 bits per heavy atom. The second-order valence-corrected chi connectivity index (χ2v) is 4.79. The van der Waals surface area contributed by atoms with E-state index in [9.17, 15) is 0 Å². The predicted octanol–water partition coefficient (Wildman–Crippen LogP) is 0.988. The highest BCUT2D eigenvalue weighted by molar-refractivity contribution is 5.23. The second-order valence-electron chi connectivity index (χ2n) is 4.79. The van der Waals surface area contributed by atoms with E-state index < -0.39 is 0 Å². The Bertz CT molecular complexity index is 361. The number of hydrogen-bond acceptors (Lipinski definition) is 3. The maximum absolute atomic E-state index is 5.90. The molecule has 1 aromatic heterocycles. The van der Waals surface area contributed by atoms with Gasteiger partial charge in [0.2, 0.25) is 0 Å². The van der Waals surface area contributed by atoms with Crippen LogP contribution in [0.1, 0.15) is 24.6 Å². The highest BCUT2D eigenvalue weighted by atomic mass is 16.5. The largest absolute Gasteiger partial charge is 0.375 e. The van der Waals surface area contributed by atoms with Crippen LogP contribution in [0.2, 0.25) is 0 Å². The fourth-order valence-electron chi connectivity index (χ4n) is 2.97. The quantitative estimate of drug-likeness (QED) is 0.809. The van der Waals surface area contributed by atoms with Gasteiger partial charge in [0.25, 0.3) is 0 Å². The van der Waals surface area contributed by atoms with Gasteiger partial charge in [0.1, 0.15) is 0 Å². The summed E-state index contributed by atoms with van der Waals surface area (Å²) in [5.74, 6) is 0. The third-order valence-electron chi connectivity index (χ3n) is 3.76. The van der Waals surface area contributed by atoms with Crippen LogP contribution in [0.3, 0.4) is 0 Å². The van der Waals surface area contributed by atoms with E-state index in [0.29, 0.717) is 12.1 Å². The number of rotatable bonds is 2.